The Morgan fingerprint density at radius 3 is 2.30 bits per heavy atom. The summed E-state index contributed by atoms with van der Waals surface area (Å²) in [6.45, 7) is 9.57. The Hall–Kier alpha value is -5.70. The monoisotopic (exact) mass is 825 g/mol. The minimum atomic E-state index is -1.17. The highest BCUT2D eigenvalue weighted by Crippen LogP contribution is 2.37. The van der Waals surface area contributed by atoms with E-state index < -0.39 is 5.60 Å². The summed E-state index contributed by atoms with van der Waals surface area (Å²) in [5.41, 5.74) is 4.81. The van der Waals surface area contributed by atoms with Crippen molar-refractivity contribution in [3.8, 4) is 16.3 Å². The number of piperidine rings is 2. The van der Waals surface area contributed by atoms with Crippen molar-refractivity contribution in [2.45, 2.75) is 51.2 Å². The highest BCUT2D eigenvalue weighted by Gasteiger charge is 2.42. The summed E-state index contributed by atoms with van der Waals surface area (Å²) in [5.74, 6) is -0.536. The van der Waals surface area contributed by atoms with Gasteiger partial charge in [-0.1, -0.05) is 30.3 Å². The van der Waals surface area contributed by atoms with Crippen molar-refractivity contribution in [2.24, 2.45) is 5.92 Å². The van der Waals surface area contributed by atoms with Gasteiger partial charge in [-0.2, -0.15) is 0 Å². The molecular weight excluding hydrogens is 775 g/mol. The highest BCUT2D eigenvalue weighted by molar-refractivity contribution is 7.17. The number of thiazole rings is 1. The molecule has 0 bridgehead atoms. The van der Waals surface area contributed by atoms with Gasteiger partial charge < -0.3 is 29.3 Å². The van der Waals surface area contributed by atoms with Gasteiger partial charge in [0, 0.05) is 99.2 Å². The number of nitrogens with zero attached hydrogens (tertiary/aromatic N) is 9. The molecule has 3 aliphatic rings. The van der Waals surface area contributed by atoms with Gasteiger partial charge >= 0.3 is 0 Å². The molecule has 2 aromatic carbocycles. The first-order valence-electron chi connectivity index (χ1n) is 20.9. The lowest BCUT2D eigenvalue weighted by molar-refractivity contribution is -0.142. The number of fused-ring (bicyclic) bond motifs is 1. The lowest BCUT2D eigenvalue weighted by atomic mass is 9.79. The van der Waals surface area contributed by atoms with Crippen molar-refractivity contribution in [1.82, 2.24) is 38.8 Å². The lowest BCUT2D eigenvalue weighted by Gasteiger charge is -2.43. The molecule has 2 atom stereocenters. The second-order valence-corrected chi connectivity index (χ2v) is 17.7. The standard InChI is InChI=1S/C46H51N9O4S/c1-31-9-10-34(27-47-31)42-49-32(2)40(60-42)45(58)53-19-15-37(39(28-53)33-7-5-4-6-8-33)43(56)52-21-17-46(59,18-22-52)29-54-30-48-41-38(44(54)57)16-20-55(41)36-13-11-35(12-14-36)51-25-23-50(3)24-26-51/h4-14,16,20,27,30,37,39,59H,15,17-19,21-26,28-29H2,1-3H3/t37-,39+/m1/s1. The molecule has 0 unspecified atom stereocenters. The van der Waals surface area contributed by atoms with E-state index in [0.717, 1.165) is 53.7 Å². The van der Waals surface area contributed by atoms with Crippen LogP contribution >= 0.6 is 11.3 Å². The molecule has 7 heterocycles. The number of amides is 2. The number of piperazine rings is 1. The van der Waals surface area contributed by atoms with Crippen LogP contribution in [0.4, 0.5) is 5.69 Å². The number of likely N-dealkylation sites (tertiary alicyclic amines) is 2. The molecule has 13 nitrogen and oxygen atoms in total. The maximum Gasteiger partial charge on any atom is 0.265 e. The van der Waals surface area contributed by atoms with Crippen molar-refractivity contribution >= 4 is 39.9 Å². The van der Waals surface area contributed by atoms with E-state index in [4.69, 9.17) is 9.97 Å². The van der Waals surface area contributed by atoms with Gasteiger partial charge in [-0.05, 0) is 88.2 Å². The van der Waals surface area contributed by atoms with Gasteiger partial charge in [0.1, 0.15) is 16.2 Å². The van der Waals surface area contributed by atoms with Gasteiger partial charge in [-0.3, -0.25) is 23.9 Å². The van der Waals surface area contributed by atoms with Crippen molar-refractivity contribution in [1.29, 1.82) is 0 Å². The van der Waals surface area contributed by atoms with E-state index >= 15 is 0 Å². The van der Waals surface area contributed by atoms with Gasteiger partial charge in [0.15, 0.2) is 5.65 Å². The molecule has 14 heteroatoms. The quantitative estimate of drug-likeness (QED) is 0.215. The minimum Gasteiger partial charge on any atom is -0.388 e. The fourth-order valence-corrected chi connectivity index (χ4v) is 10.1. The Balaban J connectivity index is 0.856. The number of pyridine rings is 1. The first-order chi connectivity index (χ1) is 29.0. The summed E-state index contributed by atoms with van der Waals surface area (Å²) in [6, 6.07) is 24.1. The van der Waals surface area contributed by atoms with Crippen LogP contribution < -0.4 is 10.5 Å². The second kappa shape index (κ2) is 16.4. The van der Waals surface area contributed by atoms with Crippen molar-refractivity contribution in [3.05, 3.63) is 124 Å². The van der Waals surface area contributed by atoms with E-state index in [1.54, 1.807) is 12.3 Å². The van der Waals surface area contributed by atoms with Crippen LogP contribution in [0.1, 0.15) is 51.8 Å². The number of rotatable bonds is 8. The average molecular weight is 826 g/mol. The molecule has 0 saturated carbocycles. The number of aromatic nitrogens is 5. The number of aryl methyl sites for hydroxylation is 2. The molecule has 310 valence electrons. The SMILES string of the molecule is Cc1ccc(-c2nc(C)c(C(=O)N3CC[C@@H](C(=O)N4CCC(O)(Cn5cnc6c(ccn6-c6ccc(N7CCN(C)CC7)cc6)c5=O)CC4)[C@H](c4ccccc4)C3)s2)cn1. The van der Waals surface area contributed by atoms with Gasteiger partial charge in [0.05, 0.1) is 23.2 Å². The predicted octanol–water partition coefficient (Wildman–Crippen LogP) is 5.37. The van der Waals surface area contributed by atoms with Crippen LogP contribution in [0.5, 0.6) is 0 Å². The third-order valence-electron chi connectivity index (χ3n) is 12.7. The number of hydrogen-bond acceptors (Lipinski definition) is 10. The van der Waals surface area contributed by atoms with Crippen LogP contribution in [-0.4, -0.2) is 121 Å². The summed E-state index contributed by atoms with van der Waals surface area (Å²) in [5, 5.41) is 13.1. The number of carbonyl (C=O) groups excluding carboxylic acids is 2. The van der Waals surface area contributed by atoms with Gasteiger partial charge in [0.2, 0.25) is 5.91 Å². The Morgan fingerprint density at radius 2 is 1.58 bits per heavy atom. The van der Waals surface area contributed by atoms with Crippen molar-refractivity contribution in [2.75, 3.05) is 64.3 Å². The molecule has 3 saturated heterocycles. The van der Waals surface area contributed by atoms with E-state index in [1.165, 1.54) is 27.9 Å². The molecule has 2 amide bonds. The third kappa shape index (κ3) is 7.86. The number of anilines is 1. The summed E-state index contributed by atoms with van der Waals surface area (Å²) in [7, 11) is 2.15. The van der Waals surface area contributed by atoms with Crippen molar-refractivity contribution < 1.29 is 14.7 Å². The number of carbonyl (C=O) groups is 2. The molecule has 3 aliphatic heterocycles. The minimum absolute atomic E-state index is 0.0410. The fourth-order valence-electron chi connectivity index (χ4n) is 9.04. The summed E-state index contributed by atoms with van der Waals surface area (Å²) >= 11 is 1.38. The van der Waals surface area contributed by atoms with Crippen LogP contribution in [0.3, 0.4) is 0 Å². The first kappa shape index (κ1) is 39.7. The maximum atomic E-state index is 14.4. The number of hydrogen-bond donors (Lipinski definition) is 1. The van der Waals surface area contributed by atoms with Gasteiger partial charge in [-0.25, -0.2) is 9.97 Å². The molecule has 6 aromatic rings. The zero-order valence-electron chi connectivity index (χ0n) is 34.4. The van der Waals surface area contributed by atoms with Crippen LogP contribution in [0, 0.1) is 19.8 Å². The Labute approximate surface area is 353 Å². The number of aliphatic hydroxyl groups is 1. The molecule has 9 rings (SSSR count). The normalized spacial score (nSPS) is 19.8. The molecule has 3 fully saturated rings. The van der Waals surface area contributed by atoms with Crippen LogP contribution in [0.2, 0.25) is 0 Å². The smallest absolute Gasteiger partial charge is 0.265 e. The molecule has 0 aliphatic carbocycles. The fraction of sp³-hybridized carbons (Fsp3) is 0.391. The van der Waals surface area contributed by atoms with E-state index in [2.05, 4.69) is 46.1 Å². The van der Waals surface area contributed by atoms with E-state index in [-0.39, 0.29) is 35.8 Å². The van der Waals surface area contributed by atoms with E-state index in [0.29, 0.717) is 67.0 Å². The first-order valence-corrected chi connectivity index (χ1v) is 21.7. The zero-order valence-corrected chi connectivity index (χ0v) is 35.2. The highest BCUT2D eigenvalue weighted by atomic mass is 32.1. The Morgan fingerprint density at radius 1 is 0.850 bits per heavy atom. The Kier molecular flexibility index (Phi) is 10.9. The zero-order chi connectivity index (χ0) is 41.5. The van der Waals surface area contributed by atoms with Crippen LogP contribution in [-0.2, 0) is 11.3 Å². The Bertz CT molecular complexity index is 2550. The van der Waals surface area contributed by atoms with E-state index in [9.17, 15) is 19.5 Å². The molecule has 0 radical (unpaired) electrons. The van der Waals surface area contributed by atoms with Gasteiger partial charge in [-0.15, -0.1) is 11.3 Å². The summed E-state index contributed by atoms with van der Waals surface area (Å²) in [6.07, 6.45) is 6.39. The predicted molar refractivity (Wildman–Crippen MR) is 234 cm³/mol. The van der Waals surface area contributed by atoms with Crippen LogP contribution in [0.15, 0.2) is 96.3 Å². The summed E-state index contributed by atoms with van der Waals surface area (Å²) < 4.78 is 3.43. The number of benzene rings is 2. The second-order valence-electron chi connectivity index (χ2n) is 16.7. The topological polar surface area (TPSA) is 133 Å². The van der Waals surface area contributed by atoms with Crippen molar-refractivity contribution in [3.63, 3.8) is 0 Å². The number of likely N-dealkylation sites (N-methyl/N-ethyl adjacent to an activating group) is 1. The van der Waals surface area contributed by atoms with E-state index in [1.807, 2.05) is 76.9 Å². The average Bonchev–Trinajstić information content (AvgIpc) is 3.89. The van der Waals surface area contributed by atoms with Crippen LogP contribution in [0.25, 0.3) is 27.3 Å². The summed E-state index contributed by atoms with van der Waals surface area (Å²) in [4.78, 5) is 65.1. The maximum absolute atomic E-state index is 14.4. The molecule has 0 spiro atoms. The molecule has 60 heavy (non-hydrogen) atoms. The molecular formula is C46H51N9O4S. The molecule has 1 N–H and O–H groups in total. The largest absolute Gasteiger partial charge is 0.388 e. The lowest BCUT2D eigenvalue weighted by Crippen LogP contribution is -2.53. The van der Waals surface area contributed by atoms with Gasteiger partial charge in [0.25, 0.3) is 11.5 Å². The third-order valence-corrected chi connectivity index (χ3v) is 13.9. The molecule has 4 aromatic heterocycles.